The first kappa shape index (κ1) is 8.06. The van der Waals surface area contributed by atoms with E-state index in [9.17, 15) is 0 Å². The van der Waals surface area contributed by atoms with Gasteiger partial charge in [0.2, 0.25) is 0 Å². The van der Waals surface area contributed by atoms with Crippen LogP contribution in [0.4, 0.5) is 0 Å². The average Bonchev–Trinajstić information content (AvgIpc) is 1.96. The molecule has 1 aliphatic rings. The standard InChI is InChI=1S/C3H6O3.H5NSi/c1-2-4-6-5-3-1;1-2/h1-3H2;1H2,2H3. The number of rotatable bonds is 0. The molecule has 0 aromatic rings. The summed E-state index contributed by atoms with van der Waals surface area (Å²) in [5.74, 6) is 0. The Morgan fingerprint density at radius 3 is 1.75 bits per heavy atom. The van der Waals surface area contributed by atoms with E-state index in [0.29, 0.717) is 13.2 Å². The minimum atomic E-state index is 0.653. The summed E-state index contributed by atoms with van der Waals surface area (Å²) in [6, 6.07) is 0. The lowest BCUT2D eigenvalue weighted by atomic mass is 10.5. The van der Waals surface area contributed by atoms with Crippen LogP contribution < -0.4 is 5.40 Å². The van der Waals surface area contributed by atoms with Crippen LogP contribution in [0.5, 0.6) is 0 Å². The van der Waals surface area contributed by atoms with Gasteiger partial charge in [0.05, 0.1) is 23.6 Å². The van der Waals surface area contributed by atoms with Gasteiger partial charge in [-0.3, -0.25) is 0 Å². The largest absolute Gasteiger partial charge is 0.358 e. The summed E-state index contributed by atoms with van der Waals surface area (Å²) in [5, 5.41) is 8.71. The molecule has 0 radical (unpaired) electrons. The van der Waals surface area contributed by atoms with Crippen LogP contribution in [-0.2, 0) is 14.8 Å². The second-order valence-corrected chi connectivity index (χ2v) is 1.07. The lowest BCUT2D eigenvalue weighted by Crippen LogP contribution is -2.08. The Labute approximate surface area is 51.3 Å². The minimum absolute atomic E-state index is 0.653. The van der Waals surface area contributed by atoms with Crippen molar-refractivity contribution < 1.29 is 14.8 Å². The summed E-state index contributed by atoms with van der Waals surface area (Å²) in [5.41, 5.74) is 0. The fourth-order valence-corrected chi connectivity index (χ4v) is 0.279. The van der Waals surface area contributed by atoms with Crippen molar-refractivity contribution in [3.05, 3.63) is 0 Å². The first-order valence-corrected chi connectivity index (χ1v) is 3.64. The Morgan fingerprint density at radius 1 is 1.12 bits per heavy atom. The van der Waals surface area contributed by atoms with Crippen molar-refractivity contribution in [2.24, 2.45) is 5.40 Å². The van der Waals surface area contributed by atoms with Crippen molar-refractivity contribution in [2.75, 3.05) is 13.2 Å². The number of nitrogens with two attached hydrogens (primary N) is 1. The van der Waals surface area contributed by atoms with E-state index >= 15 is 0 Å². The van der Waals surface area contributed by atoms with Gasteiger partial charge in [-0.1, -0.05) is 5.04 Å². The second-order valence-electron chi connectivity index (χ2n) is 1.07. The first-order chi connectivity index (χ1) is 4.00. The molecule has 4 nitrogen and oxygen atoms in total. The fourth-order valence-electron chi connectivity index (χ4n) is 0.279. The van der Waals surface area contributed by atoms with Crippen LogP contribution in [-0.4, -0.2) is 23.6 Å². The van der Waals surface area contributed by atoms with Crippen LogP contribution in [0.3, 0.4) is 0 Å². The first-order valence-electron chi connectivity index (χ1n) is 2.49. The Hall–Kier alpha value is 0.0569. The highest BCUT2D eigenvalue weighted by molar-refractivity contribution is 6.02. The molecule has 0 aliphatic carbocycles. The molecule has 5 heteroatoms. The lowest BCUT2D eigenvalue weighted by Gasteiger charge is -2.06. The van der Waals surface area contributed by atoms with Crippen LogP contribution in [0.25, 0.3) is 0 Å². The highest BCUT2D eigenvalue weighted by Crippen LogP contribution is 1.93. The number of hydrogen-bond acceptors (Lipinski definition) is 4. The molecule has 1 saturated heterocycles. The van der Waals surface area contributed by atoms with E-state index in [2.05, 4.69) is 20.2 Å². The van der Waals surface area contributed by atoms with Gasteiger partial charge >= 0.3 is 0 Å². The third kappa shape index (κ3) is 4.22. The van der Waals surface area contributed by atoms with Crippen LogP contribution in [0.1, 0.15) is 6.42 Å². The highest BCUT2D eigenvalue weighted by Gasteiger charge is 1.96. The predicted octanol–water partition coefficient (Wildman–Crippen LogP) is -1.50. The lowest BCUT2D eigenvalue weighted by molar-refractivity contribution is -0.532. The molecular weight excluding hydrogens is 126 g/mol. The summed E-state index contributed by atoms with van der Waals surface area (Å²) < 4.78 is 0. The number of hydrogen-bond donors (Lipinski definition) is 1. The molecule has 0 amide bonds. The van der Waals surface area contributed by atoms with Gasteiger partial charge < -0.3 is 5.40 Å². The molecule has 0 spiro atoms. The van der Waals surface area contributed by atoms with Crippen molar-refractivity contribution in [1.82, 2.24) is 0 Å². The summed E-state index contributed by atoms with van der Waals surface area (Å²) >= 11 is 0. The van der Waals surface area contributed by atoms with E-state index in [1.807, 2.05) is 0 Å². The van der Waals surface area contributed by atoms with Crippen LogP contribution in [0.15, 0.2) is 0 Å². The van der Waals surface area contributed by atoms with Crippen LogP contribution in [0.2, 0.25) is 0 Å². The van der Waals surface area contributed by atoms with E-state index in [-0.39, 0.29) is 0 Å². The van der Waals surface area contributed by atoms with E-state index in [1.165, 1.54) is 0 Å². The van der Waals surface area contributed by atoms with Crippen molar-refractivity contribution in [3.8, 4) is 0 Å². The summed E-state index contributed by atoms with van der Waals surface area (Å²) in [4.78, 5) is 8.69. The molecule has 0 saturated carbocycles. The maximum Gasteiger partial charge on any atom is 0.0877 e. The van der Waals surface area contributed by atoms with E-state index < -0.39 is 0 Å². The van der Waals surface area contributed by atoms with Crippen molar-refractivity contribution in [1.29, 1.82) is 0 Å². The smallest absolute Gasteiger partial charge is 0.0877 e. The maximum atomic E-state index is 4.64. The molecule has 0 aromatic heterocycles. The molecule has 1 aliphatic heterocycles. The highest BCUT2D eigenvalue weighted by atomic mass is 28.2. The topological polar surface area (TPSA) is 53.7 Å². The van der Waals surface area contributed by atoms with Crippen LogP contribution in [0, 0.1) is 0 Å². The molecule has 1 fully saturated rings. The van der Waals surface area contributed by atoms with Gasteiger partial charge in [0.1, 0.15) is 0 Å². The molecule has 2 N–H and O–H groups in total. The summed E-state index contributed by atoms with van der Waals surface area (Å²) in [6.07, 6.45) is 0.931. The maximum absolute atomic E-state index is 4.64. The van der Waals surface area contributed by atoms with Crippen LogP contribution >= 0.6 is 0 Å². The van der Waals surface area contributed by atoms with E-state index in [1.54, 1.807) is 0 Å². The molecule has 1 heterocycles. The molecule has 0 aromatic carbocycles. The monoisotopic (exact) mass is 137 g/mol. The second kappa shape index (κ2) is 7.06. The molecular formula is C3H11NO3Si. The SMILES string of the molecule is C1COOOC1.N[SiH3]. The predicted molar refractivity (Wildman–Crippen MR) is 31.7 cm³/mol. The quantitative estimate of drug-likeness (QED) is 0.326. The van der Waals surface area contributed by atoms with Gasteiger partial charge in [0.25, 0.3) is 0 Å². The fraction of sp³-hybridized carbons (Fsp3) is 1.00. The molecule has 0 atom stereocenters. The molecule has 50 valence electrons. The zero-order valence-corrected chi connectivity index (χ0v) is 6.92. The third-order valence-corrected chi connectivity index (χ3v) is 0.552. The Kier molecular flexibility index (Phi) is 7.11. The van der Waals surface area contributed by atoms with Gasteiger partial charge in [0, 0.05) is 6.42 Å². The minimum Gasteiger partial charge on any atom is -0.358 e. The Bertz CT molecular complexity index is 30.0. The van der Waals surface area contributed by atoms with Gasteiger partial charge in [-0.15, -0.1) is 0 Å². The molecule has 0 unspecified atom stereocenters. The van der Waals surface area contributed by atoms with Crippen molar-refractivity contribution in [3.63, 3.8) is 0 Å². The molecule has 0 bridgehead atoms. The van der Waals surface area contributed by atoms with Gasteiger partial charge in [-0.25, -0.2) is 9.78 Å². The Balaban J connectivity index is 0.000000222. The van der Waals surface area contributed by atoms with Gasteiger partial charge in [-0.05, 0) is 0 Å². The van der Waals surface area contributed by atoms with Crippen molar-refractivity contribution in [2.45, 2.75) is 6.42 Å². The zero-order valence-electron chi connectivity index (χ0n) is 4.92. The Morgan fingerprint density at radius 2 is 1.62 bits per heavy atom. The third-order valence-electron chi connectivity index (χ3n) is 0.552. The zero-order chi connectivity index (χ0) is 6.24. The summed E-state index contributed by atoms with van der Waals surface area (Å²) in [6.45, 7) is 1.31. The normalized spacial score (nSPS) is 19.1. The van der Waals surface area contributed by atoms with Gasteiger partial charge in [0.15, 0.2) is 0 Å². The summed E-state index contributed by atoms with van der Waals surface area (Å²) in [7, 11) is 0.806. The van der Waals surface area contributed by atoms with E-state index in [0.717, 1.165) is 16.8 Å². The van der Waals surface area contributed by atoms with Gasteiger partial charge in [-0.2, -0.15) is 0 Å². The molecule has 8 heavy (non-hydrogen) atoms. The van der Waals surface area contributed by atoms with Crippen molar-refractivity contribution >= 4 is 10.4 Å². The van der Waals surface area contributed by atoms with E-state index in [4.69, 9.17) is 0 Å². The molecule has 1 rings (SSSR count). The average molecular weight is 137 g/mol.